The van der Waals surface area contributed by atoms with Crippen molar-refractivity contribution in [3.05, 3.63) is 72.0 Å². The topological polar surface area (TPSA) is 62.6 Å². The highest BCUT2D eigenvalue weighted by atomic mass is 16.3. The number of para-hydroxylation sites is 1. The van der Waals surface area contributed by atoms with Gasteiger partial charge in [-0.3, -0.25) is 9.59 Å². The van der Waals surface area contributed by atoms with E-state index in [-0.39, 0.29) is 11.8 Å². The zero-order chi connectivity index (χ0) is 20.8. The molecule has 1 fully saturated rings. The van der Waals surface area contributed by atoms with Crippen molar-refractivity contribution in [2.45, 2.75) is 32.1 Å². The van der Waals surface area contributed by atoms with Crippen molar-refractivity contribution in [2.75, 3.05) is 19.6 Å². The largest absolute Gasteiger partial charge is 0.451 e. The first kappa shape index (κ1) is 20.2. The number of rotatable bonds is 7. The van der Waals surface area contributed by atoms with Gasteiger partial charge in [0.15, 0.2) is 5.76 Å². The van der Waals surface area contributed by atoms with Gasteiger partial charge in [-0.1, -0.05) is 48.5 Å². The van der Waals surface area contributed by atoms with Crippen LogP contribution in [0.5, 0.6) is 0 Å². The average Bonchev–Trinajstić information content (AvgIpc) is 3.23. The fraction of sp³-hybridized carbons (Fsp3) is 0.360. The van der Waals surface area contributed by atoms with Crippen molar-refractivity contribution >= 4 is 22.8 Å². The van der Waals surface area contributed by atoms with Gasteiger partial charge in [-0.05, 0) is 49.3 Å². The number of hydrogen-bond acceptors (Lipinski definition) is 3. The van der Waals surface area contributed by atoms with Crippen LogP contribution in [0.25, 0.3) is 11.0 Å². The van der Waals surface area contributed by atoms with Crippen molar-refractivity contribution in [3.63, 3.8) is 0 Å². The number of likely N-dealkylation sites (tertiary alicyclic amines) is 1. The molecule has 2 amide bonds. The van der Waals surface area contributed by atoms with Crippen LogP contribution in [0.2, 0.25) is 0 Å². The molecule has 0 unspecified atom stereocenters. The predicted molar refractivity (Wildman–Crippen MR) is 117 cm³/mol. The molecule has 0 aliphatic carbocycles. The van der Waals surface area contributed by atoms with E-state index in [9.17, 15) is 9.59 Å². The summed E-state index contributed by atoms with van der Waals surface area (Å²) in [5, 5.41) is 4.02. The standard InChI is InChI=1S/C25H28N2O3/c28-24(12-6-9-19-7-2-1-3-8-19)26-18-20-13-15-27(16-14-20)25(29)23-17-21-10-4-5-11-22(21)30-23/h1-5,7-8,10-11,17,20H,6,9,12-16,18H2,(H,26,28). The summed E-state index contributed by atoms with van der Waals surface area (Å²) in [6.07, 6.45) is 4.14. The lowest BCUT2D eigenvalue weighted by Gasteiger charge is -2.31. The van der Waals surface area contributed by atoms with E-state index in [1.165, 1.54) is 5.56 Å². The molecule has 0 saturated carbocycles. The lowest BCUT2D eigenvalue weighted by atomic mass is 9.96. The van der Waals surface area contributed by atoms with Crippen molar-refractivity contribution in [1.29, 1.82) is 0 Å². The van der Waals surface area contributed by atoms with Crippen LogP contribution in [0, 0.1) is 5.92 Å². The Hall–Kier alpha value is -3.08. The van der Waals surface area contributed by atoms with Gasteiger partial charge in [0, 0.05) is 31.4 Å². The maximum absolute atomic E-state index is 12.7. The highest BCUT2D eigenvalue weighted by molar-refractivity contribution is 5.96. The number of aryl methyl sites for hydroxylation is 1. The molecule has 1 N–H and O–H groups in total. The molecule has 156 valence electrons. The Balaban J connectivity index is 1.17. The molecular formula is C25H28N2O3. The van der Waals surface area contributed by atoms with Crippen LogP contribution >= 0.6 is 0 Å². The van der Waals surface area contributed by atoms with Crippen molar-refractivity contribution < 1.29 is 14.0 Å². The van der Waals surface area contributed by atoms with Gasteiger partial charge in [-0.25, -0.2) is 0 Å². The molecule has 1 aliphatic heterocycles. The number of nitrogens with one attached hydrogen (secondary N) is 1. The fourth-order valence-electron chi connectivity index (χ4n) is 4.03. The van der Waals surface area contributed by atoms with E-state index < -0.39 is 0 Å². The maximum atomic E-state index is 12.7. The fourth-order valence-corrected chi connectivity index (χ4v) is 4.03. The second kappa shape index (κ2) is 9.61. The predicted octanol–water partition coefficient (Wildman–Crippen LogP) is 4.42. The summed E-state index contributed by atoms with van der Waals surface area (Å²) in [6.45, 7) is 2.09. The first-order valence-electron chi connectivity index (χ1n) is 10.8. The van der Waals surface area contributed by atoms with Gasteiger partial charge in [-0.2, -0.15) is 0 Å². The second-order valence-electron chi connectivity index (χ2n) is 8.03. The Morgan fingerprint density at radius 3 is 2.50 bits per heavy atom. The number of furan rings is 1. The molecule has 5 heteroatoms. The van der Waals surface area contributed by atoms with Gasteiger partial charge in [0.05, 0.1) is 0 Å². The van der Waals surface area contributed by atoms with Crippen molar-refractivity contribution in [1.82, 2.24) is 10.2 Å². The Kier molecular flexibility index (Phi) is 6.47. The average molecular weight is 405 g/mol. The number of benzene rings is 2. The lowest BCUT2D eigenvalue weighted by molar-refractivity contribution is -0.121. The Morgan fingerprint density at radius 2 is 1.73 bits per heavy atom. The van der Waals surface area contributed by atoms with Crippen LogP contribution in [-0.4, -0.2) is 36.3 Å². The number of carbonyl (C=O) groups is 2. The molecule has 4 rings (SSSR count). The van der Waals surface area contributed by atoms with Crippen molar-refractivity contribution in [2.24, 2.45) is 5.92 Å². The molecule has 1 saturated heterocycles. The number of amides is 2. The number of nitrogens with zero attached hydrogens (tertiary/aromatic N) is 1. The van der Waals surface area contributed by atoms with Crippen LogP contribution < -0.4 is 5.32 Å². The van der Waals surface area contributed by atoms with Gasteiger partial charge >= 0.3 is 0 Å². The smallest absolute Gasteiger partial charge is 0.289 e. The summed E-state index contributed by atoms with van der Waals surface area (Å²) in [5.74, 6) is 0.894. The van der Waals surface area contributed by atoms with Crippen molar-refractivity contribution in [3.8, 4) is 0 Å². The Morgan fingerprint density at radius 1 is 1.00 bits per heavy atom. The van der Waals surface area contributed by atoms with E-state index >= 15 is 0 Å². The van der Waals surface area contributed by atoms with Gasteiger partial charge < -0.3 is 14.6 Å². The van der Waals surface area contributed by atoms with Crippen LogP contribution in [-0.2, 0) is 11.2 Å². The molecule has 0 bridgehead atoms. The van der Waals surface area contributed by atoms with Gasteiger partial charge in [0.25, 0.3) is 5.91 Å². The van der Waals surface area contributed by atoms with E-state index in [4.69, 9.17) is 4.42 Å². The number of carbonyl (C=O) groups excluding carboxylic acids is 2. The minimum atomic E-state index is -0.0467. The first-order chi connectivity index (χ1) is 14.7. The third-order valence-electron chi connectivity index (χ3n) is 5.84. The highest BCUT2D eigenvalue weighted by Crippen LogP contribution is 2.23. The van der Waals surface area contributed by atoms with Crippen LogP contribution in [0.4, 0.5) is 0 Å². The Bertz CT molecular complexity index is 955. The summed E-state index contributed by atoms with van der Waals surface area (Å²) in [4.78, 5) is 26.7. The number of fused-ring (bicyclic) bond motifs is 1. The molecular weight excluding hydrogens is 376 g/mol. The molecule has 1 aliphatic rings. The molecule has 1 aromatic heterocycles. The zero-order valence-electron chi connectivity index (χ0n) is 17.2. The minimum absolute atomic E-state index is 0.0467. The summed E-state index contributed by atoms with van der Waals surface area (Å²) in [7, 11) is 0. The molecule has 3 aromatic rings. The SMILES string of the molecule is O=C(CCCc1ccccc1)NCC1CCN(C(=O)c2cc3ccccc3o2)CC1. The lowest BCUT2D eigenvalue weighted by Crippen LogP contribution is -2.41. The summed E-state index contributed by atoms with van der Waals surface area (Å²) in [5.41, 5.74) is 2.01. The monoisotopic (exact) mass is 404 g/mol. The number of piperidine rings is 1. The van der Waals surface area contributed by atoms with E-state index in [0.717, 1.165) is 36.7 Å². The highest BCUT2D eigenvalue weighted by Gasteiger charge is 2.25. The van der Waals surface area contributed by atoms with Gasteiger partial charge in [-0.15, -0.1) is 0 Å². The van der Waals surface area contributed by atoms with Gasteiger partial charge in [0.2, 0.25) is 5.91 Å². The maximum Gasteiger partial charge on any atom is 0.289 e. The Labute approximate surface area is 177 Å². The molecule has 0 radical (unpaired) electrons. The molecule has 30 heavy (non-hydrogen) atoms. The molecule has 2 aromatic carbocycles. The summed E-state index contributed by atoms with van der Waals surface area (Å²) in [6, 6.07) is 19.7. The summed E-state index contributed by atoms with van der Waals surface area (Å²) >= 11 is 0. The molecule has 5 nitrogen and oxygen atoms in total. The third-order valence-corrected chi connectivity index (χ3v) is 5.84. The van der Waals surface area contributed by atoms with E-state index in [2.05, 4.69) is 17.4 Å². The summed E-state index contributed by atoms with van der Waals surface area (Å²) < 4.78 is 5.71. The van der Waals surface area contributed by atoms with E-state index in [0.29, 0.717) is 37.7 Å². The van der Waals surface area contributed by atoms with E-state index in [1.54, 1.807) is 0 Å². The van der Waals surface area contributed by atoms with Crippen LogP contribution in [0.15, 0.2) is 65.1 Å². The third kappa shape index (κ3) is 5.09. The van der Waals surface area contributed by atoms with Gasteiger partial charge in [0.1, 0.15) is 5.58 Å². The zero-order valence-corrected chi connectivity index (χ0v) is 17.2. The molecule has 2 heterocycles. The van der Waals surface area contributed by atoms with Crippen LogP contribution in [0.3, 0.4) is 0 Å². The first-order valence-corrected chi connectivity index (χ1v) is 10.8. The molecule has 0 spiro atoms. The quantitative estimate of drug-likeness (QED) is 0.634. The minimum Gasteiger partial charge on any atom is -0.451 e. The second-order valence-corrected chi connectivity index (χ2v) is 8.03. The molecule has 0 atom stereocenters. The van der Waals surface area contributed by atoms with E-state index in [1.807, 2.05) is 53.4 Å². The van der Waals surface area contributed by atoms with Crippen LogP contribution in [0.1, 0.15) is 41.8 Å². The normalized spacial score (nSPS) is 14.7. The number of hydrogen-bond donors (Lipinski definition) is 1.